The molecule has 0 bridgehead atoms. The molecular weight excluding hydrogens is 360 g/mol. The van der Waals surface area contributed by atoms with Crippen molar-refractivity contribution in [1.29, 1.82) is 0 Å². The summed E-state index contributed by atoms with van der Waals surface area (Å²) in [6.07, 6.45) is 6.73. The van der Waals surface area contributed by atoms with Crippen molar-refractivity contribution in [2.45, 2.75) is 43.6 Å². The van der Waals surface area contributed by atoms with Crippen LogP contribution in [0.5, 0.6) is 0 Å². The highest BCUT2D eigenvalue weighted by Gasteiger charge is 2.44. The molecule has 8 heteroatoms. The second kappa shape index (κ2) is 6.60. The van der Waals surface area contributed by atoms with E-state index in [4.69, 9.17) is 0 Å². The molecule has 1 N–H and O–H groups in total. The molecule has 1 saturated heterocycles. The molecule has 7 nitrogen and oxygen atoms in total. The average Bonchev–Trinajstić information content (AvgIpc) is 3.48. The first-order valence-electron chi connectivity index (χ1n) is 9.52. The van der Waals surface area contributed by atoms with E-state index in [1.54, 1.807) is 22.2 Å². The quantitative estimate of drug-likeness (QED) is 0.750. The van der Waals surface area contributed by atoms with Crippen LogP contribution in [0, 0.1) is 0 Å². The first kappa shape index (κ1) is 16.7. The van der Waals surface area contributed by atoms with Gasteiger partial charge in [-0.25, -0.2) is 0 Å². The lowest BCUT2D eigenvalue weighted by atomic mass is 9.83. The Labute approximate surface area is 161 Å². The third-order valence-corrected chi connectivity index (χ3v) is 6.95. The van der Waals surface area contributed by atoms with E-state index in [1.807, 2.05) is 12.1 Å². The summed E-state index contributed by atoms with van der Waals surface area (Å²) in [6, 6.07) is 8.23. The number of amides is 1. The van der Waals surface area contributed by atoms with E-state index >= 15 is 0 Å². The Hall–Kier alpha value is -2.48. The number of carbonyl (C=O) groups is 1. The smallest absolute Gasteiger partial charge is 0.231 e. The van der Waals surface area contributed by atoms with Gasteiger partial charge in [-0.05, 0) is 42.8 Å². The topological polar surface area (TPSA) is 75.4 Å². The van der Waals surface area contributed by atoms with E-state index in [2.05, 4.69) is 43.0 Å². The average molecular weight is 382 g/mol. The number of anilines is 1. The molecule has 1 atom stereocenters. The van der Waals surface area contributed by atoms with Gasteiger partial charge in [0.1, 0.15) is 12.1 Å². The van der Waals surface area contributed by atoms with Crippen molar-refractivity contribution in [3.63, 3.8) is 0 Å². The summed E-state index contributed by atoms with van der Waals surface area (Å²) in [7, 11) is 0. The fourth-order valence-corrected chi connectivity index (χ4v) is 5.39. The Bertz CT molecular complexity index is 946. The Morgan fingerprint density at radius 1 is 1.26 bits per heavy atom. The second-order valence-electron chi connectivity index (χ2n) is 7.50. The maximum absolute atomic E-state index is 13.2. The van der Waals surface area contributed by atoms with Crippen LogP contribution in [0.3, 0.4) is 0 Å². The van der Waals surface area contributed by atoms with Crippen LogP contribution >= 0.6 is 11.3 Å². The molecule has 140 valence electrons. The maximum atomic E-state index is 13.2. The summed E-state index contributed by atoms with van der Waals surface area (Å²) in [5.74, 6) is 1.10. The van der Waals surface area contributed by atoms with Gasteiger partial charge in [-0.15, -0.1) is 26.6 Å². The molecule has 0 spiro atoms. The van der Waals surface area contributed by atoms with Crippen LogP contribution in [0.1, 0.15) is 37.0 Å². The van der Waals surface area contributed by atoms with E-state index in [0.717, 1.165) is 56.7 Å². The Morgan fingerprint density at radius 3 is 2.96 bits per heavy atom. The van der Waals surface area contributed by atoms with Gasteiger partial charge in [-0.1, -0.05) is 18.9 Å². The van der Waals surface area contributed by atoms with Gasteiger partial charge < -0.3 is 10.2 Å². The van der Waals surface area contributed by atoms with Crippen molar-refractivity contribution >= 4 is 28.7 Å². The molecule has 2 aliphatic rings. The van der Waals surface area contributed by atoms with E-state index in [1.165, 1.54) is 4.88 Å². The molecule has 4 heterocycles. The minimum atomic E-state index is -0.318. The predicted octanol–water partition coefficient (Wildman–Crippen LogP) is 2.39. The highest BCUT2D eigenvalue weighted by Crippen LogP contribution is 2.43. The van der Waals surface area contributed by atoms with Crippen LogP contribution in [0.4, 0.5) is 5.82 Å². The van der Waals surface area contributed by atoms with Gasteiger partial charge >= 0.3 is 0 Å². The molecule has 0 radical (unpaired) electrons. The number of fused-ring (bicyclic) bond motifs is 1. The first-order valence-corrected chi connectivity index (χ1v) is 10.4. The summed E-state index contributed by atoms with van der Waals surface area (Å²) in [5.41, 5.74) is 0.420. The van der Waals surface area contributed by atoms with E-state index in [0.29, 0.717) is 0 Å². The predicted molar refractivity (Wildman–Crippen MR) is 104 cm³/mol. The monoisotopic (exact) mass is 382 g/mol. The summed E-state index contributed by atoms with van der Waals surface area (Å²) in [6.45, 7) is 1.67. The first-order chi connectivity index (χ1) is 13.2. The number of hydrogen-bond donors (Lipinski definition) is 1. The molecule has 5 rings (SSSR count). The van der Waals surface area contributed by atoms with Crippen LogP contribution in [0.25, 0.3) is 5.65 Å². The van der Waals surface area contributed by atoms with Crippen LogP contribution in [0.2, 0.25) is 0 Å². The fraction of sp³-hybridized carbons (Fsp3) is 0.474. The maximum Gasteiger partial charge on any atom is 0.231 e. The molecule has 27 heavy (non-hydrogen) atoms. The summed E-state index contributed by atoms with van der Waals surface area (Å²) < 4.78 is 1.69. The van der Waals surface area contributed by atoms with Gasteiger partial charge in [0.15, 0.2) is 5.65 Å². The van der Waals surface area contributed by atoms with E-state index in [9.17, 15) is 4.79 Å². The van der Waals surface area contributed by atoms with Crippen molar-refractivity contribution in [2.24, 2.45) is 0 Å². The molecule has 2 fully saturated rings. The van der Waals surface area contributed by atoms with E-state index in [-0.39, 0.29) is 17.4 Å². The molecule has 0 aromatic carbocycles. The lowest BCUT2D eigenvalue weighted by Crippen LogP contribution is -2.47. The van der Waals surface area contributed by atoms with Gasteiger partial charge in [0.05, 0.1) is 5.41 Å². The fourth-order valence-electron chi connectivity index (χ4n) is 4.41. The Balaban J connectivity index is 1.29. The number of aromatic nitrogens is 4. The van der Waals surface area contributed by atoms with Crippen LogP contribution in [0.15, 0.2) is 36.0 Å². The second-order valence-corrected chi connectivity index (χ2v) is 8.44. The van der Waals surface area contributed by atoms with Crippen LogP contribution < -0.4 is 10.2 Å². The SMILES string of the molecule is O=C(N[C@@H]1CCN(c2ccc3nncn3n2)C1)C1(c2cccs2)CCCC1. The number of rotatable bonds is 4. The number of carbonyl (C=O) groups excluding carboxylic acids is 1. The Kier molecular flexibility index (Phi) is 4.07. The van der Waals surface area contributed by atoms with Gasteiger partial charge in [-0.3, -0.25) is 4.79 Å². The Morgan fingerprint density at radius 2 is 2.15 bits per heavy atom. The number of hydrogen-bond acceptors (Lipinski definition) is 6. The molecule has 0 unspecified atom stereocenters. The van der Waals surface area contributed by atoms with Crippen LogP contribution in [-0.4, -0.2) is 44.8 Å². The van der Waals surface area contributed by atoms with Crippen molar-refractivity contribution in [2.75, 3.05) is 18.0 Å². The number of nitrogens with zero attached hydrogens (tertiary/aromatic N) is 5. The third-order valence-electron chi connectivity index (χ3n) is 5.88. The van der Waals surface area contributed by atoms with Crippen molar-refractivity contribution in [1.82, 2.24) is 25.1 Å². The van der Waals surface area contributed by atoms with Crippen LogP contribution in [-0.2, 0) is 10.2 Å². The molecule has 3 aromatic rings. The van der Waals surface area contributed by atoms with Crippen molar-refractivity contribution < 1.29 is 4.79 Å². The van der Waals surface area contributed by atoms with Gasteiger partial charge in [-0.2, -0.15) is 4.52 Å². The van der Waals surface area contributed by atoms with Crippen molar-refractivity contribution in [3.05, 3.63) is 40.8 Å². The highest BCUT2D eigenvalue weighted by atomic mass is 32.1. The lowest BCUT2D eigenvalue weighted by molar-refractivity contribution is -0.127. The normalized spacial score (nSPS) is 21.8. The molecule has 1 saturated carbocycles. The summed E-state index contributed by atoms with van der Waals surface area (Å²) >= 11 is 1.71. The zero-order chi connectivity index (χ0) is 18.3. The minimum absolute atomic E-state index is 0.161. The molecule has 3 aromatic heterocycles. The molecule has 1 amide bonds. The third kappa shape index (κ3) is 2.88. The molecule has 1 aliphatic carbocycles. The number of thiophene rings is 1. The van der Waals surface area contributed by atoms with E-state index < -0.39 is 0 Å². The van der Waals surface area contributed by atoms with Gasteiger partial charge in [0.25, 0.3) is 0 Å². The van der Waals surface area contributed by atoms with Crippen molar-refractivity contribution in [3.8, 4) is 0 Å². The zero-order valence-electron chi connectivity index (χ0n) is 15.0. The summed E-state index contributed by atoms with van der Waals surface area (Å²) in [5, 5.41) is 17.9. The zero-order valence-corrected chi connectivity index (χ0v) is 15.9. The number of nitrogens with one attached hydrogen (secondary N) is 1. The standard InChI is InChI=1S/C19H22N6OS/c26-18(19(8-1-2-9-19)15-4-3-11-27-15)21-14-7-10-24(12-14)17-6-5-16-22-20-13-25(16)23-17/h3-6,11,13-14H,1-2,7-10,12H2,(H,21,26)/t14-/m1/s1. The lowest BCUT2D eigenvalue weighted by Gasteiger charge is -2.28. The minimum Gasteiger partial charge on any atom is -0.353 e. The summed E-state index contributed by atoms with van der Waals surface area (Å²) in [4.78, 5) is 16.7. The molecule has 1 aliphatic heterocycles. The highest BCUT2D eigenvalue weighted by molar-refractivity contribution is 7.10. The van der Waals surface area contributed by atoms with Gasteiger partial charge in [0.2, 0.25) is 5.91 Å². The van der Waals surface area contributed by atoms with Gasteiger partial charge in [0, 0.05) is 24.0 Å². The molecular formula is C19H22N6OS. The largest absolute Gasteiger partial charge is 0.353 e.